The summed E-state index contributed by atoms with van der Waals surface area (Å²) in [5.41, 5.74) is 2.71. The fraction of sp³-hybridized carbons (Fsp3) is 0.421. The van der Waals surface area contributed by atoms with Gasteiger partial charge in [-0.2, -0.15) is 0 Å². The molecule has 0 atom stereocenters. The van der Waals surface area contributed by atoms with E-state index in [1.165, 1.54) is 27.7 Å². The van der Waals surface area contributed by atoms with Crippen LogP contribution in [0.5, 0.6) is 0 Å². The second-order valence-electron chi connectivity index (χ2n) is 6.39. The summed E-state index contributed by atoms with van der Waals surface area (Å²) in [6, 6.07) is 3.73. The molecular formula is C19H23N3O3S2. The summed E-state index contributed by atoms with van der Waals surface area (Å²) in [7, 11) is 3.39. The van der Waals surface area contributed by atoms with E-state index in [2.05, 4.69) is 9.55 Å². The third-order valence-electron chi connectivity index (χ3n) is 4.60. The Labute approximate surface area is 166 Å². The highest BCUT2D eigenvalue weighted by atomic mass is 32.2. The number of hydrogen-bond donors (Lipinski definition) is 0. The van der Waals surface area contributed by atoms with Crippen molar-refractivity contribution in [2.75, 3.05) is 19.5 Å². The number of carbonyl (C=O) groups is 1. The van der Waals surface area contributed by atoms with E-state index in [1.54, 1.807) is 20.2 Å². The lowest BCUT2D eigenvalue weighted by molar-refractivity contribution is 0.102. The predicted molar refractivity (Wildman–Crippen MR) is 110 cm³/mol. The maximum Gasteiger partial charge on any atom is 0.262 e. The summed E-state index contributed by atoms with van der Waals surface area (Å²) in [5, 5.41) is 3.05. The van der Waals surface area contributed by atoms with Crippen molar-refractivity contribution in [1.82, 2.24) is 14.1 Å². The van der Waals surface area contributed by atoms with E-state index in [0.29, 0.717) is 22.0 Å². The Morgan fingerprint density at radius 3 is 2.89 bits per heavy atom. The molecule has 0 aliphatic rings. The summed E-state index contributed by atoms with van der Waals surface area (Å²) in [4.78, 5) is 30.4. The van der Waals surface area contributed by atoms with E-state index in [-0.39, 0.29) is 17.1 Å². The minimum Gasteiger partial charge on any atom is -0.385 e. The van der Waals surface area contributed by atoms with Gasteiger partial charge in [0.15, 0.2) is 10.9 Å². The van der Waals surface area contributed by atoms with Crippen molar-refractivity contribution < 1.29 is 9.53 Å². The van der Waals surface area contributed by atoms with Gasteiger partial charge >= 0.3 is 0 Å². The molecule has 3 rings (SSSR count). The van der Waals surface area contributed by atoms with Gasteiger partial charge in [-0.25, -0.2) is 4.98 Å². The molecule has 0 aliphatic carbocycles. The summed E-state index contributed by atoms with van der Waals surface area (Å²) in [6.45, 7) is 5.52. The Hall–Kier alpha value is -1.90. The Balaban J connectivity index is 1.76. The quantitative estimate of drug-likeness (QED) is 0.249. The highest BCUT2D eigenvalue weighted by molar-refractivity contribution is 7.99. The molecule has 0 amide bonds. The first-order valence-electron chi connectivity index (χ1n) is 8.70. The molecule has 0 bridgehead atoms. The van der Waals surface area contributed by atoms with Gasteiger partial charge in [-0.1, -0.05) is 11.8 Å². The molecule has 27 heavy (non-hydrogen) atoms. The van der Waals surface area contributed by atoms with Gasteiger partial charge in [0, 0.05) is 44.3 Å². The van der Waals surface area contributed by atoms with Crippen LogP contribution in [-0.4, -0.2) is 39.4 Å². The Morgan fingerprint density at radius 2 is 2.15 bits per heavy atom. The SMILES string of the molecule is COCCCn1c(C)cc(C(=O)CSc2nc3sccc3c(=O)n2C)c1C. The number of hydrogen-bond acceptors (Lipinski definition) is 6. The maximum atomic E-state index is 12.8. The van der Waals surface area contributed by atoms with Crippen LogP contribution in [0.2, 0.25) is 0 Å². The topological polar surface area (TPSA) is 66.1 Å². The van der Waals surface area contributed by atoms with Crippen LogP contribution in [0.25, 0.3) is 10.2 Å². The standard InChI is InChI=1S/C19H23N3O3S2/c1-12-10-15(13(2)22(12)7-5-8-25-4)16(23)11-27-19-20-17-14(6-9-26-17)18(24)21(19)3/h6,9-10H,5,7-8,11H2,1-4H3. The van der Waals surface area contributed by atoms with E-state index in [9.17, 15) is 9.59 Å². The zero-order valence-corrected chi connectivity index (χ0v) is 17.6. The Bertz CT molecular complexity index is 1030. The number of aromatic nitrogens is 3. The fourth-order valence-electron chi connectivity index (χ4n) is 3.11. The normalized spacial score (nSPS) is 11.4. The second-order valence-corrected chi connectivity index (χ2v) is 8.23. The smallest absolute Gasteiger partial charge is 0.262 e. The van der Waals surface area contributed by atoms with Crippen LogP contribution in [-0.2, 0) is 18.3 Å². The van der Waals surface area contributed by atoms with Crippen LogP contribution in [0.1, 0.15) is 28.2 Å². The van der Waals surface area contributed by atoms with Gasteiger partial charge in [0.1, 0.15) is 4.83 Å². The van der Waals surface area contributed by atoms with Gasteiger partial charge in [-0.3, -0.25) is 14.2 Å². The lowest BCUT2D eigenvalue weighted by Gasteiger charge is -2.09. The van der Waals surface area contributed by atoms with Crippen molar-refractivity contribution in [2.24, 2.45) is 7.05 Å². The fourth-order valence-corrected chi connectivity index (χ4v) is 4.77. The van der Waals surface area contributed by atoms with Crippen molar-refractivity contribution in [3.05, 3.63) is 44.8 Å². The number of methoxy groups -OCH3 is 1. The van der Waals surface area contributed by atoms with Crippen LogP contribution in [0.3, 0.4) is 0 Å². The zero-order valence-electron chi connectivity index (χ0n) is 15.9. The Morgan fingerprint density at radius 1 is 1.37 bits per heavy atom. The lowest BCUT2D eigenvalue weighted by Crippen LogP contribution is -2.19. The van der Waals surface area contributed by atoms with E-state index in [0.717, 1.165) is 29.9 Å². The van der Waals surface area contributed by atoms with E-state index in [1.807, 2.05) is 25.3 Å². The molecule has 0 unspecified atom stereocenters. The van der Waals surface area contributed by atoms with Crippen LogP contribution in [0.15, 0.2) is 27.5 Å². The number of rotatable bonds is 8. The first kappa shape index (κ1) is 19.9. The van der Waals surface area contributed by atoms with E-state index < -0.39 is 0 Å². The van der Waals surface area contributed by atoms with Gasteiger partial charge in [0.05, 0.1) is 11.1 Å². The summed E-state index contributed by atoms with van der Waals surface area (Å²) >= 11 is 2.74. The average molecular weight is 406 g/mol. The summed E-state index contributed by atoms with van der Waals surface area (Å²) in [5.74, 6) is 0.297. The molecule has 3 aromatic heterocycles. The molecule has 3 heterocycles. The molecular weight excluding hydrogens is 382 g/mol. The van der Waals surface area contributed by atoms with Gasteiger partial charge in [0.2, 0.25) is 0 Å². The third-order valence-corrected chi connectivity index (χ3v) is 6.44. The zero-order chi connectivity index (χ0) is 19.6. The molecule has 0 aromatic carbocycles. The van der Waals surface area contributed by atoms with Crippen LogP contribution < -0.4 is 5.56 Å². The summed E-state index contributed by atoms with van der Waals surface area (Å²) < 4.78 is 8.78. The highest BCUT2D eigenvalue weighted by Gasteiger charge is 2.17. The lowest BCUT2D eigenvalue weighted by atomic mass is 10.2. The molecule has 6 nitrogen and oxygen atoms in total. The highest BCUT2D eigenvalue weighted by Crippen LogP contribution is 2.23. The summed E-state index contributed by atoms with van der Waals surface area (Å²) in [6.07, 6.45) is 0.905. The first-order chi connectivity index (χ1) is 12.9. The predicted octanol–water partition coefficient (Wildman–Crippen LogP) is 3.42. The van der Waals surface area contributed by atoms with Crippen molar-refractivity contribution in [1.29, 1.82) is 0 Å². The van der Waals surface area contributed by atoms with Gasteiger partial charge in [-0.15, -0.1) is 11.3 Å². The molecule has 0 N–H and O–H groups in total. The van der Waals surface area contributed by atoms with Crippen LogP contribution in [0.4, 0.5) is 0 Å². The van der Waals surface area contributed by atoms with Crippen LogP contribution >= 0.6 is 23.1 Å². The molecule has 0 spiro atoms. The largest absolute Gasteiger partial charge is 0.385 e. The molecule has 0 radical (unpaired) electrons. The molecule has 0 saturated carbocycles. The number of ketones is 1. The van der Waals surface area contributed by atoms with Crippen molar-refractivity contribution >= 4 is 39.1 Å². The number of nitrogens with zero attached hydrogens (tertiary/aromatic N) is 3. The van der Waals surface area contributed by atoms with Gasteiger partial charge in [0.25, 0.3) is 5.56 Å². The van der Waals surface area contributed by atoms with Gasteiger partial charge in [-0.05, 0) is 37.8 Å². The van der Waals surface area contributed by atoms with Crippen molar-refractivity contribution in [3.8, 4) is 0 Å². The number of aryl methyl sites for hydroxylation is 1. The number of thioether (sulfide) groups is 1. The third kappa shape index (κ3) is 4.02. The number of ether oxygens (including phenoxy) is 1. The van der Waals surface area contributed by atoms with Crippen LogP contribution in [0, 0.1) is 13.8 Å². The van der Waals surface area contributed by atoms with E-state index >= 15 is 0 Å². The average Bonchev–Trinajstić information content (AvgIpc) is 3.22. The Kier molecular flexibility index (Phi) is 6.18. The number of fused-ring (bicyclic) bond motifs is 1. The maximum absolute atomic E-state index is 12.8. The molecule has 0 aliphatic heterocycles. The van der Waals surface area contributed by atoms with Crippen molar-refractivity contribution in [3.63, 3.8) is 0 Å². The monoisotopic (exact) mass is 405 g/mol. The van der Waals surface area contributed by atoms with Gasteiger partial charge < -0.3 is 9.30 Å². The minimum absolute atomic E-state index is 0.0478. The number of Topliss-reactive ketones (excluding diaryl/α,β-unsaturated/α-hetero) is 1. The van der Waals surface area contributed by atoms with Crippen molar-refractivity contribution in [2.45, 2.75) is 32.0 Å². The molecule has 8 heteroatoms. The number of thiophene rings is 1. The molecule has 0 fully saturated rings. The first-order valence-corrected chi connectivity index (χ1v) is 10.6. The molecule has 3 aromatic rings. The minimum atomic E-state index is -0.0764. The molecule has 144 valence electrons. The van der Waals surface area contributed by atoms with E-state index in [4.69, 9.17) is 4.74 Å². The second kappa shape index (κ2) is 8.41. The molecule has 0 saturated heterocycles. The number of carbonyl (C=O) groups excluding carboxylic acids is 1.